The number of benzene rings is 2. The average Bonchev–Trinajstić information content (AvgIpc) is 3.20. The minimum Gasteiger partial charge on any atom is -0.311 e. The topological polar surface area (TPSA) is 40.6 Å². The zero-order chi connectivity index (χ0) is 20.0. The van der Waals surface area contributed by atoms with Gasteiger partial charge in [-0.05, 0) is 48.9 Å². The second kappa shape index (κ2) is 7.08. The first-order chi connectivity index (χ1) is 13.4. The summed E-state index contributed by atoms with van der Waals surface area (Å²) in [5.74, 6) is 0.159. The molecule has 0 bridgehead atoms. The van der Waals surface area contributed by atoms with Gasteiger partial charge < -0.3 is 9.80 Å². The van der Waals surface area contributed by atoms with Gasteiger partial charge in [0, 0.05) is 30.4 Å². The molecule has 4 heteroatoms. The molecule has 0 aliphatic carbocycles. The fourth-order valence-corrected chi connectivity index (χ4v) is 4.70. The van der Waals surface area contributed by atoms with E-state index < -0.39 is 0 Å². The van der Waals surface area contributed by atoms with Gasteiger partial charge in [-0.2, -0.15) is 0 Å². The highest BCUT2D eigenvalue weighted by Gasteiger charge is 2.41. The number of anilines is 2. The molecular formula is C24H28N2O2. The zero-order valence-electron chi connectivity index (χ0n) is 17.1. The van der Waals surface area contributed by atoms with Gasteiger partial charge in [0.15, 0.2) is 0 Å². The lowest BCUT2D eigenvalue weighted by atomic mass is 9.97. The Hall–Kier alpha value is -2.62. The fourth-order valence-electron chi connectivity index (χ4n) is 4.70. The van der Waals surface area contributed by atoms with Gasteiger partial charge in [-0.1, -0.05) is 50.2 Å². The maximum absolute atomic E-state index is 13.4. The Bertz CT molecular complexity index is 934. The largest absolute Gasteiger partial charge is 0.311 e. The lowest BCUT2D eigenvalue weighted by Gasteiger charge is -2.27. The van der Waals surface area contributed by atoms with Crippen molar-refractivity contribution in [3.8, 4) is 0 Å². The molecule has 0 saturated carbocycles. The van der Waals surface area contributed by atoms with Crippen molar-refractivity contribution in [3.05, 3.63) is 59.2 Å². The number of para-hydroxylation sites is 2. The third kappa shape index (κ3) is 3.01. The third-order valence-corrected chi connectivity index (χ3v) is 6.08. The molecule has 2 atom stereocenters. The fraction of sp³-hybridized carbons (Fsp3) is 0.417. The number of rotatable bonds is 3. The van der Waals surface area contributed by atoms with Crippen LogP contribution >= 0.6 is 0 Å². The highest BCUT2D eigenvalue weighted by atomic mass is 16.2. The number of carbonyl (C=O) groups is 2. The van der Waals surface area contributed by atoms with Crippen LogP contribution in [-0.4, -0.2) is 24.4 Å². The van der Waals surface area contributed by atoms with E-state index in [4.69, 9.17) is 0 Å². The van der Waals surface area contributed by atoms with Gasteiger partial charge in [-0.3, -0.25) is 9.59 Å². The van der Waals surface area contributed by atoms with E-state index in [-0.39, 0.29) is 30.2 Å². The SMILES string of the molecule is Cc1cccc(C(C)C)c1N1CC(C(=O)N2c3ccccc3CC2C)CC1=O. The molecule has 146 valence electrons. The van der Waals surface area contributed by atoms with Crippen molar-refractivity contribution in [1.29, 1.82) is 0 Å². The van der Waals surface area contributed by atoms with E-state index in [0.717, 1.165) is 23.4 Å². The Morgan fingerprint density at radius 3 is 2.57 bits per heavy atom. The molecule has 2 aliphatic rings. The van der Waals surface area contributed by atoms with Gasteiger partial charge in [-0.15, -0.1) is 0 Å². The van der Waals surface area contributed by atoms with Crippen molar-refractivity contribution in [1.82, 2.24) is 0 Å². The summed E-state index contributed by atoms with van der Waals surface area (Å²) < 4.78 is 0. The number of nitrogens with zero attached hydrogens (tertiary/aromatic N) is 2. The molecule has 1 saturated heterocycles. The molecular weight excluding hydrogens is 348 g/mol. The summed E-state index contributed by atoms with van der Waals surface area (Å²) in [4.78, 5) is 30.1. The van der Waals surface area contributed by atoms with Gasteiger partial charge in [0.25, 0.3) is 0 Å². The zero-order valence-corrected chi connectivity index (χ0v) is 17.1. The molecule has 2 aliphatic heterocycles. The second-order valence-electron chi connectivity index (χ2n) is 8.46. The van der Waals surface area contributed by atoms with Crippen LogP contribution in [0, 0.1) is 12.8 Å². The molecule has 4 rings (SSSR count). The summed E-state index contributed by atoms with van der Waals surface area (Å²) in [6, 6.07) is 14.4. The molecule has 0 spiro atoms. The number of aryl methyl sites for hydroxylation is 1. The van der Waals surface area contributed by atoms with E-state index in [1.54, 1.807) is 0 Å². The number of fused-ring (bicyclic) bond motifs is 1. The minimum atomic E-state index is -0.291. The maximum atomic E-state index is 13.4. The van der Waals surface area contributed by atoms with Gasteiger partial charge >= 0.3 is 0 Å². The first-order valence-corrected chi connectivity index (χ1v) is 10.2. The van der Waals surface area contributed by atoms with Crippen molar-refractivity contribution < 1.29 is 9.59 Å². The van der Waals surface area contributed by atoms with Crippen LogP contribution in [0.3, 0.4) is 0 Å². The van der Waals surface area contributed by atoms with Gasteiger partial charge in [0.2, 0.25) is 11.8 Å². The van der Waals surface area contributed by atoms with Crippen molar-refractivity contribution >= 4 is 23.2 Å². The summed E-state index contributed by atoms with van der Waals surface area (Å²) in [6.07, 6.45) is 1.16. The standard InChI is InChI=1S/C24H28N2O2/c1-15(2)20-10-7-8-16(3)23(20)25-14-19(13-22(25)27)24(28)26-17(4)12-18-9-5-6-11-21(18)26/h5-11,15,17,19H,12-14H2,1-4H3. The highest BCUT2D eigenvalue weighted by molar-refractivity contribution is 6.06. The number of carbonyl (C=O) groups excluding carboxylic acids is 2. The van der Waals surface area contributed by atoms with Crippen LogP contribution in [0.4, 0.5) is 11.4 Å². The summed E-state index contributed by atoms with van der Waals surface area (Å²) >= 11 is 0. The van der Waals surface area contributed by atoms with Crippen molar-refractivity contribution in [2.75, 3.05) is 16.3 Å². The second-order valence-corrected chi connectivity index (χ2v) is 8.46. The van der Waals surface area contributed by atoms with Crippen molar-refractivity contribution in [3.63, 3.8) is 0 Å². The summed E-state index contributed by atoms with van der Waals surface area (Å²) in [6.45, 7) is 8.88. The summed E-state index contributed by atoms with van der Waals surface area (Å²) in [5, 5.41) is 0. The summed E-state index contributed by atoms with van der Waals surface area (Å²) in [5.41, 5.74) is 5.47. The predicted octanol–water partition coefficient (Wildman–Crippen LogP) is 4.45. The Morgan fingerprint density at radius 1 is 1.07 bits per heavy atom. The number of hydrogen-bond acceptors (Lipinski definition) is 2. The van der Waals surface area contributed by atoms with Crippen molar-refractivity contribution in [2.45, 2.75) is 52.5 Å². The van der Waals surface area contributed by atoms with E-state index in [2.05, 4.69) is 32.9 Å². The van der Waals surface area contributed by atoms with Crippen LogP contribution < -0.4 is 9.80 Å². The lowest BCUT2D eigenvalue weighted by molar-refractivity contribution is -0.124. The molecule has 2 amide bonds. The normalized spacial score (nSPS) is 21.5. The minimum absolute atomic E-state index is 0.0506. The van der Waals surface area contributed by atoms with Crippen LogP contribution in [0.25, 0.3) is 0 Å². The quantitative estimate of drug-likeness (QED) is 0.794. The van der Waals surface area contributed by atoms with Crippen LogP contribution in [0.2, 0.25) is 0 Å². The molecule has 2 unspecified atom stereocenters. The Morgan fingerprint density at radius 2 is 1.82 bits per heavy atom. The Kier molecular flexibility index (Phi) is 4.74. The molecule has 2 aromatic carbocycles. The monoisotopic (exact) mass is 376 g/mol. The third-order valence-electron chi connectivity index (χ3n) is 6.08. The molecule has 0 N–H and O–H groups in total. The first-order valence-electron chi connectivity index (χ1n) is 10.2. The predicted molar refractivity (Wildman–Crippen MR) is 113 cm³/mol. The van der Waals surface area contributed by atoms with Gasteiger partial charge in [0.05, 0.1) is 5.92 Å². The van der Waals surface area contributed by atoms with Crippen LogP contribution in [-0.2, 0) is 16.0 Å². The van der Waals surface area contributed by atoms with E-state index in [0.29, 0.717) is 12.5 Å². The Labute approximate surface area is 167 Å². The molecule has 2 aromatic rings. The van der Waals surface area contributed by atoms with Gasteiger partial charge in [-0.25, -0.2) is 0 Å². The van der Waals surface area contributed by atoms with E-state index in [1.807, 2.05) is 47.1 Å². The molecule has 2 heterocycles. The maximum Gasteiger partial charge on any atom is 0.232 e. The lowest BCUT2D eigenvalue weighted by Crippen LogP contribution is -2.41. The van der Waals surface area contributed by atoms with E-state index in [9.17, 15) is 9.59 Å². The molecule has 0 radical (unpaired) electrons. The van der Waals surface area contributed by atoms with E-state index in [1.165, 1.54) is 11.1 Å². The molecule has 1 fully saturated rings. The molecule has 28 heavy (non-hydrogen) atoms. The first kappa shape index (κ1) is 18.7. The molecule has 0 aromatic heterocycles. The van der Waals surface area contributed by atoms with Gasteiger partial charge in [0.1, 0.15) is 0 Å². The van der Waals surface area contributed by atoms with E-state index >= 15 is 0 Å². The smallest absolute Gasteiger partial charge is 0.232 e. The number of amides is 2. The van der Waals surface area contributed by atoms with Crippen molar-refractivity contribution in [2.24, 2.45) is 5.92 Å². The molecule has 4 nitrogen and oxygen atoms in total. The Balaban J connectivity index is 1.62. The summed E-state index contributed by atoms with van der Waals surface area (Å²) in [7, 11) is 0. The van der Waals surface area contributed by atoms with Crippen LogP contribution in [0.15, 0.2) is 42.5 Å². The van der Waals surface area contributed by atoms with Crippen LogP contribution in [0.5, 0.6) is 0 Å². The van der Waals surface area contributed by atoms with Crippen LogP contribution in [0.1, 0.15) is 49.8 Å². The average molecular weight is 377 g/mol. The number of hydrogen-bond donors (Lipinski definition) is 0. The highest BCUT2D eigenvalue weighted by Crippen LogP contribution is 2.38.